The molecule has 124 valence electrons. The fourth-order valence-electron chi connectivity index (χ4n) is 1.83. The molecule has 0 amide bonds. The third-order valence-electron chi connectivity index (χ3n) is 2.70. The summed E-state index contributed by atoms with van der Waals surface area (Å²) < 4.78 is 0.962. The maximum absolute atomic E-state index is 8.81. The van der Waals surface area contributed by atoms with Crippen LogP contribution in [0.3, 0.4) is 0 Å². The molecule has 0 aromatic heterocycles. The lowest BCUT2D eigenvalue weighted by Crippen LogP contribution is -2.30. The molecule has 6 heteroatoms. The summed E-state index contributed by atoms with van der Waals surface area (Å²) in [6.07, 6.45) is 0. The first-order valence-corrected chi connectivity index (χ1v) is 8.20. The highest BCUT2D eigenvalue weighted by Gasteiger charge is 2.11. The van der Waals surface area contributed by atoms with E-state index in [0.717, 1.165) is 15.6 Å². The molecule has 0 bridgehead atoms. The minimum atomic E-state index is -1.50. The molecule has 0 heterocycles. The van der Waals surface area contributed by atoms with Crippen molar-refractivity contribution in [1.29, 1.82) is 10.5 Å². The highest BCUT2D eigenvalue weighted by Crippen LogP contribution is 2.14. The SMILES string of the molecule is CC.Cc1cc(Br)cc(C#N)c1.Cc1cc(C#N)cc(B(O)O)c1. The number of rotatable bonds is 1. The van der Waals surface area contributed by atoms with Crippen molar-refractivity contribution in [2.45, 2.75) is 27.7 Å². The van der Waals surface area contributed by atoms with Crippen LogP contribution in [0.4, 0.5) is 0 Å². The molecule has 2 aromatic carbocycles. The van der Waals surface area contributed by atoms with Crippen molar-refractivity contribution < 1.29 is 10.0 Å². The molecule has 0 saturated carbocycles. The molecule has 0 aliphatic heterocycles. The first-order valence-electron chi connectivity index (χ1n) is 7.41. The molecule has 2 aromatic rings. The van der Waals surface area contributed by atoms with Gasteiger partial charge < -0.3 is 10.0 Å². The smallest absolute Gasteiger partial charge is 0.423 e. The third kappa shape index (κ3) is 7.94. The summed E-state index contributed by atoms with van der Waals surface area (Å²) in [6, 6.07) is 14.4. The van der Waals surface area contributed by atoms with Gasteiger partial charge in [0.15, 0.2) is 0 Å². The molecule has 0 fully saturated rings. The van der Waals surface area contributed by atoms with E-state index >= 15 is 0 Å². The average molecular weight is 387 g/mol. The van der Waals surface area contributed by atoms with Crippen molar-refractivity contribution in [2.75, 3.05) is 0 Å². The minimum absolute atomic E-state index is 0.353. The van der Waals surface area contributed by atoms with E-state index in [1.165, 1.54) is 6.07 Å². The van der Waals surface area contributed by atoms with Crippen LogP contribution in [0.15, 0.2) is 40.9 Å². The van der Waals surface area contributed by atoms with Crippen molar-refractivity contribution in [3.8, 4) is 12.1 Å². The van der Waals surface area contributed by atoms with Crippen molar-refractivity contribution in [3.05, 3.63) is 63.1 Å². The summed E-state index contributed by atoms with van der Waals surface area (Å²) >= 11 is 3.30. The number of hydrogen-bond acceptors (Lipinski definition) is 4. The van der Waals surface area contributed by atoms with Gasteiger partial charge in [0.05, 0.1) is 23.3 Å². The molecule has 4 nitrogen and oxygen atoms in total. The zero-order chi connectivity index (χ0) is 18.7. The van der Waals surface area contributed by atoms with Crippen LogP contribution in [-0.4, -0.2) is 17.2 Å². The van der Waals surface area contributed by atoms with Gasteiger partial charge in [-0.3, -0.25) is 0 Å². The second-order valence-electron chi connectivity index (χ2n) is 4.75. The Morgan fingerprint density at radius 3 is 1.71 bits per heavy atom. The van der Waals surface area contributed by atoms with Gasteiger partial charge in [-0.1, -0.05) is 41.4 Å². The molecule has 0 spiro atoms. The molecule has 2 rings (SSSR count). The first-order chi connectivity index (χ1) is 11.3. The zero-order valence-electron chi connectivity index (χ0n) is 14.2. The van der Waals surface area contributed by atoms with Crippen LogP contribution in [0.25, 0.3) is 0 Å². The highest BCUT2D eigenvalue weighted by atomic mass is 79.9. The molecular weight excluding hydrogens is 367 g/mol. The van der Waals surface area contributed by atoms with Crippen LogP contribution in [0.2, 0.25) is 0 Å². The largest absolute Gasteiger partial charge is 0.488 e. The quantitative estimate of drug-likeness (QED) is 0.736. The summed E-state index contributed by atoms with van der Waals surface area (Å²) in [4.78, 5) is 0. The Morgan fingerprint density at radius 2 is 1.29 bits per heavy atom. The molecule has 0 aliphatic carbocycles. The molecule has 0 atom stereocenters. The van der Waals surface area contributed by atoms with Gasteiger partial charge in [0.2, 0.25) is 0 Å². The number of aryl methyl sites for hydroxylation is 2. The van der Waals surface area contributed by atoms with Gasteiger partial charge in [-0.05, 0) is 55.2 Å². The van der Waals surface area contributed by atoms with Crippen LogP contribution in [0.5, 0.6) is 0 Å². The van der Waals surface area contributed by atoms with Gasteiger partial charge in [-0.15, -0.1) is 0 Å². The third-order valence-corrected chi connectivity index (χ3v) is 3.16. The van der Waals surface area contributed by atoms with Crippen LogP contribution in [0, 0.1) is 36.5 Å². The van der Waals surface area contributed by atoms with Crippen LogP contribution < -0.4 is 5.46 Å². The fraction of sp³-hybridized carbons (Fsp3) is 0.222. The maximum atomic E-state index is 8.81. The van der Waals surface area contributed by atoms with E-state index in [0.29, 0.717) is 16.6 Å². The number of benzene rings is 2. The van der Waals surface area contributed by atoms with Crippen LogP contribution in [0.1, 0.15) is 36.1 Å². The minimum Gasteiger partial charge on any atom is -0.423 e. The number of nitrogens with zero attached hydrogens (tertiary/aromatic N) is 2. The Morgan fingerprint density at radius 1 is 0.833 bits per heavy atom. The summed E-state index contributed by atoms with van der Waals surface area (Å²) in [5, 5.41) is 34.7. The van der Waals surface area contributed by atoms with E-state index in [-0.39, 0.29) is 0 Å². The van der Waals surface area contributed by atoms with E-state index in [9.17, 15) is 0 Å². The standard InChI is InChI=1S/C8H8BNO2.C8H6BrN.C2H6/c1-6-2-7(5-10)4-8(3-6)9(11)12;1-6-2-7(5-10)4-8(9)3-6;1-2/h2-4,11-12H,1H3;2-4H,1H3;1-2H3. The van der Waals surface area contributed by atoms with Gasteiger partial charge >= 0.3 is 7.12 Å². The topological polar surface area (TPSA) is 88.0 Å². The lowest BCUT2D eigenvalue weighted by molar-refractivity contribution is 0.425. The van der Waals surface area contributed by atoms with Gasteiger partial charge in [0.25, 0.3) is 0 Å². The van der Waals surface area contributed by atoms with E-state index in [4.69, 9.17) is 20.6 Å². The Bertz CT molecular complexity index is 729. The Balaban J connectivity index is 0.000000405. The van der Waals surface area contributed by atoms with E-state index < -0.39 is 7.12 Å². The molecule has 0 saturated heterocycles. The van der Waals surface area contributed by atoms with Crippen molar-refractivity contribution in [3.63, 3.8) is 0 Å². The Kier molecular flexibility index (Phi) is 10.4. The molecule has 2 N–H and O–H groups in total. The maximum Gasteiger partial charge on any atom is 0.488 e. The summed E-state index contributed by atoms with van der Waals surface area (Å²) in [5.41, 5.74) is 3.44. The Hall–Kier alpha value is -2.12. The molecular formula is C18H20BBrN2O2. The summed E-state index contributed by atoms with van der Waals surface area (Å²) in [5.74, 6) is 0. The first kappa shape index (κ1) is 21.9. The van der Waals surface area contributed by atoms with Crippen molar-refractivity contribution in [1.82, 2.24) is 0 Å². The normalized spacial score (nSPS) is 8.54. The molecule has 0 radical (unpaired) electrons. The second-order valence-corrected chi connectivity index (χ2v) is 5.66. The van der Waals surface area contributed by atoms with Gasteiger partial charge in [0, 0.05) is 4.47 Å². The number of nitriles is 2. The second kappa shape index (κ2) is 11.4. The zero-order valence-corrected chi connectivity index (χ0v) is 15.8. The lowest BCUT2D eigenvalue weighted by Gasteiger charge is -2.00. The average Bonchev–Trinajstić information content (AvgIpc) is 2.55. The molecule has 24 heavy (non-hydrogen) atoms. The van der Waals surface area contributed by atoms with Gasteiger partial charge in [0.1, 0.15) is 0 Å². The number of halogens is 1. The summed E-state index contributed by atoms with van der Waals surface area (Å²) in [6.45, 7) is 7.76. The van der Waals surface area contributed by atoms with E-state index in [2.05, 4.69) is 22.0 Å². The van der Waals surface area contributed by atoms with Crippen molar-refractivity contribution in [2.24, 2.45) is 0 Å². The monoisotopic (exact) mass is 386 g/mol. The van der Waals surface area contributed by atoms with E-state index in [1.54, 1.807) is 25.1 Å². The molecule has 0 unspecified atom stereocenters. The summed E-state index contributed by atoms with van der Waals surface area (Å²) in [7, 11) is -1.50. The predicted molar refractivity (Wildman–Crippen MR) is 101 cm³/mol. The van der Waals surface area contributed by atoms with Crippen LogP contribution >= 0.6 is 15.9 Å². The van der Waals surface area contributed by atoms with Crippen molar-refractivity contribution >= 4 is 28.5 Å². The number of hydrogen-bond donors (Lipinski definition) is 2. The van der Waals surface area contributed by atoms with Crippen LogP contribution in [-0.2, 0) is 0 Å². The Labute approximate surface area is 152 Å². The molecule has 0 aliphatic rings. The van der Waals surface area contributed by atoms with Gasteiger partial charge in [-0.25, -0.2) is 0 Å². The van der Waals surface area contributed by atoms with Gasteiger partial charge in [-0.2, -0.15) is 10.5 Å². The highest BCUT2D eigenvalue weighted by molar-refractivity contribution is 9.10. The fourth-order valence-corrected chi connectivity index (χ4v) is 2.43. The lowest BCUT2D eigenvalue weighted by atomic mass is 9.79. The van der Waals surface area contributed by atoms with E-state index in [1.807, 2.05) is 39.0 Å². The predicted octanol–water partition coefficient (Wildman–Crippen LogP) is 3.20.